The Morgan fingerprint density at radius 1 is 1.36 bits per heavy atom. The first-order valence-electron chi connectivity index (χ1n) is 6.92. The van der Waals surface area contributed by atoms with E-state index in [1.165, 1.54) is 22.5 Å². The number of nitrogens with zero attached hydrogens (tertiary/aromatic N) is 1. The zero-order chi connectivity index (χ0) is 16.5. The summed E-state index contributed by atoms with van der Waals surface area (Å²) in [7, 11) is -3.32. The molecule has 1 aromatic rings. The lowest BCUT2D eigenvalue weighted by Crippen LogP contribution is -2.27. The molecule has 1 saturated heterocycles. The highest BCUT2D eigenvalue weighted by Gasteiger charge is 2.29. The molecular formula is C14H20N2O5S. The van der Waals surface area contributed by atoms with Crippen LogP contribution < -0.4 is 9.62 Å². The van der Waals surface area contributed by atoms with Crippen LogP contribution in [0.15, 0.2) is 18.2 Å². The zero-order valence-corrected chi connectivity index (χ0v) is 13.6. The second kappa shape index (κ2) is 5.68. The number of phenolic OH excluding ortho intramolecular Hbond substituents is 1. The molecule has 0 aromatic heterocycles. The van der Waals surface area contributed by atoms with Gasteiger partial charge >= 0.3 is 6.09 Å². The van der Waals surface area contributed by atoms with Crippen LogP contribution in [0.25, 0.3) is 0 Å². The van der Waals surface area contributed by atoms with Crippen LogP contribution in [0, 0.1) is 0 Å². The molecule has 1 aliphatic rings. The molecule has 0 spiro atoms. The normalized spacial score (nSPS) is 17.3. The van der Waals surface area contributed by atoms with Gasteiger partial charge in [-0.2, -0.15) is 0 Å². The number of rotatable bonds is 2. The average Bonchev–Trinajstić information content (AvgIpc) is 2.69. The van der Waals surface area contributed by atoms with Gasteiger partial charge in [0.2, 0.25) is 10.0 Å². The highest BCUT2D eigenvalue weighted by Crippen LogP contribution is 2.32. The Kier molecular flexibility index (Phi) is 4.23. The number of sulfonamides is 1. The van der Waals surface area contributed by atoms with E-state index in [2.05, 4.69) is 5.32 Å². The maximum Gasteiger partial charge on any atom is 0.412 e. The molecule has 0 aliphatic carbocycles. The van der Waals surface area contributed by atoms with Crippen LogP contribution in [0.5, 0.6) is 5.75 Å². The summed E-state index contributed by atoms with van der Waals surface area (Å²) in [5, 5.41) is 12.2. The van der Waals surface area contributed by atoms with Gasteiger partial charge in [-0.05, 0) is 45.4 Å². The third-order valence-corrected chi connectivity index (χ3v) is 4.87. The van der Waals surface area contributed by atoms with E-state index in [4.69, 9.17) is 4.74 Å². The molecule has 0 saturated carbocycles. The average molecular weight is 328 g/mol. The lowest BCUT2D eigenvalue weighted by molar-refractivity contribution is 0.0635. The van der Waals surface area contributed by atoms with E-state index in [1.807, 2.05) is 0 Å². The van der Waals surface area contributed by atoms with Crippen LogP contribution in [0.3, 0.4) is 0 Å². The fourth-order valence-corrected chi connectivity index (χ4v) is 3.68. The Morgan fingerprint density at radius 2 is 2.05 bits per heavy atom. The number of hydrogen-bond acceptors (Lipinski definition) is 5. The topological polar surface area (TPSA) is 95.9 Å². The first-order valence-corrected chi connectivity index (χ1v) is 8.53. The molecule has 0 atom stereocenters. The SMILES string of the molecule is CC(C)(C)OC(=O)Nc1cc(N2CCCS2(=O)=O)ccc1O. The van der Waals surface area contributed by atoms with E-state index in [-0.39, 0.29) is 17.2 Å². The summed E-state index contributed by atoms with van der Waals surface area (Å²) >= 11 is 0. The van der Waals surface area contributed by atoms with Crippen molar-refractivity contribution < 1.29 is 23.1 Å². The highest BCUT2D eigenvalue weighted by molar-refractivity contribution is 7.93. The summed E-state index contributed by atoms with van der Waals surface area (Å²) in [4.78, 5) is 11.8. The maximum absolute atomic E-state index is 11.9. The second-order valence-corrected chi connectivity index (χ2v) is 8.08. The maximum atomic E-state index is 11.9. The van der Waals surface area contributed by atoms with E-state index in [0.29, 0.717) is 18.7 Å². The number of aromatic hydroxyl groups is 1. The van der Waals surface area contributed by atoms with Gasteiger partial charge in [-0.1, -0.05) is 0 Å². The van der Waals surface area contributed by atoms with Crippen LogP contribution in [0.1, 0.15) is 27.2 Å². The predicted octanol–water partition coefficient (Wildman–Crippen LogP) is 2.28. The molecule has 0 radical (unpaired) electrons. The van der Waals surface area contributed by atoms with E-state index >= 15 is 0 Å². The third-order valence-electron chi connectivity index (χ3n) is 3.00. The Labute approximate surface area is 129 Å². The standard InChI is InChI=1S/C14H20N2O5S/c1-14(2,3)21-13(18)15-11-9-10(5-6-12(11)17)16-7-4-8-22(16,19)20/h5-6,9,17H,4,7-8H2,1-3H3,(H,15,18). The van der Waals surface area contributed by atoms with Gasteiger partial charge < -0.3 is 9.84 Å². The zero-order valence-electron chi connectivity index (χ0n) is 12.8. The minimum atomic E-state index is -3.32. The molecule has 1 amide bonds. The molecule has 1 aromatic carbocycles. The van der Waals surface area contributed by atoms with Crippen LogP contribution in [-0.4, -0.2) is 37.5 Å². The number of anilines is 2. The number of hydrogen-bond donors (Lipinski definition) is 2. The van der Waals surface area contributed by atoms with E-state index < -0.39 is 21.7 Å². The van der Waals surface area contributed by atoms with E-state index in [1.54, 1.807) is 20.8 Å². The number of carbonyl (C=O) groups is 1. The molecule has 0 bridgehead atoms. The van der Waals surface area contributed by atoms with E-state index in [9.17, 15) is 18.3 Å². The summed E-state index contributed by atoms with van der Waals surface area (Å²) in [6.07, 6.45) is -0.165. The number of benzene rings is 1. The molecule has 1 aliphatic heterocycles. The smallest absolute Gasteiger partial charge is 0.412 e. The predicted molar refractivity (Wildman–Crippen MR) is 83.7 cm³/mol. The van der Waals surface area contributed by atoms with Crippen LogP contribution in [0.4, 0.5) is 16.2 Å². The molecule has 2 N–H and O–H groups in total. The number of carbonyl (C=O) groups excluding carboxylic acids is 1. The van der Waals surface area contributed by atoms with Crippen LogP contribution >= 0.6 is 0 Å². The van der Waals surface area contributed by atoms with Crippen LogP contribution in [0.2, 0.25) is 0 Å². The molecular weight excluding hydrogens is 308 g/mol. The monoisotopic (exact) mass is 328 g/mol. The fraction of sp³-hybridized carbons (Fsp3) is 0.500. The minimum absolute atomic E-state index is 0.0999. The van der Waals surface area contributed by atoms with Crippen molar-refractivity contribution >= 4 is 27.5 Å². The molecule has 1 heterocycles. The van der Waals surface area contributed by atoms with E-state index in [0.717, 1.165) is 0 Å². The number of ether oxygens (including phenoxy) is 1. The van der Waals surface area contributed by atoms with Gasteiger partial charge in [0.15, 0.2) is 0 Å². The molecule has 8 heteroatoms. The Balaban J connectivity index is 2.23. The molecule has 1 fully saturated rings. The van der Waals surface area contributed by atoms with Crippen molar-refractivity contribution in [1.82, 2.24) is 0 Å². The third kappa shape index (κ3) is 3.82. The summed E-state index contributed by atoms with van der Waals surface area (Å²) < 4.78 is 30.2. The van der Waals surface area contributed by atoms with Crippen molar-refractivity contribution in [3.63, 3.8) is 0 Å². The van der Waals surface area contributed by atoms with Crippen LogP contribution in [-0.2, 0) is 14.8 Å². The first-order chi connectivity index (χ1) is 10.1. The Bertz CT molecular complexity index is 679. The lowest BCUT2D eigenvalue weighted by atomic mass is 10.2. The van der Waals surface area contributed by atoms with Gasteiger partial charge in [0.05, 0.1) is 17.1 Å². The number of nitrogens with one attached hydrogen (secondary N) is 1. The van der Waals surface area contributed by atoms with Gasteiger partial charge in [0.1, 0.15) is 11.4 Å². The summed E-state index contributed by atoms with van der Waals surface area (Å²) in [5.74, 6) is -0.0610. The van der Waals surface area contributed by atoms with Gasteiger partial charge in [-0.3, -0.25) is 9.62 Å². The molecule has 122 valence electrons. The quantitative estimate of drug-likeness (QED) is 0.812. The van der Waals surface area contributed by atoms with Gasteiger partial charge in [0.25, 0.3) is 0 Å². The summed E-state index contributed by atoms with van der Waals surface area (Å²) in [5.41, 5.74) is -0.162. The summed E-state index contributed by atoms with van der Waals surface area (Å²) in [6.45, 7) is 5.55. The van der Waals surface area contributed by atoms with Gasteiger partial charge in [-0.15, -0.1) is 0 Å². The molecule has 7 nitrogen and oxygen atoms in total. The van der Waals surface area contributed by atoms with Gasteiger partial charge in [0, 0.05) is 6.54 Å². The van der Waals surface area contributed by atoms with Crippen molar-refractivity contribution in [2.45, 2.75) is 32.8 Å². The van der Waals surface area contributed by atoms with Crippen molar-refractivity contribution in [1.29, 1.82) is 0 Å². The molecule has 2 rings (SSSR count). The largest absolute Gasteiger partial charge is 0.506 e. The second-order valence-electron chi connectivity index (χ2n) is 6.07. The molecule has 0 unspecified atom stereocenters. The Morgan fingerprint density at radius 3 is 2.59 bits per heavy atom. The molecule has 22 heavy (non-hydrogen) atoms. The summed E-state index contributed by atoms with van der Waals surface area (Å²) in [6, 6.07) is 4.26. The van der Waals surface area contributed by atoms with Crippen molar-refractivity contribution in [3.8, 4) is 5.75 Å². The minimum Gasteiger partial charge on any atom is -0.506 e. The number of amides is 1. The fourth-order valence-electron chi connectivity index (χ4n) is 2.12. The first kappa shape index (κ1) is 16.4. The Hall–Kier alpha value is -1.96. The lowest BCUT2D eigenvalue weighted by Gasteiger charge is -2.21. The van der Waals surface area contributed by atoms with Gasteiger partial charge in [-0.25, -0.2) is 13.2 Å². The van der Waals surface area contributed by atoms with Crippen molar-refractivity contribution in [3.05, 3.63) is 18.2 Å². The number of phenols is 1. The highest BCUT2D eigenvalue weighted by atomic mass is 32.2. The van der Waals surface area contributed by atoms with Crippen molar-refractivity contribution in [2.24, 2.45) is 0 Å². The van der Waals surface area contributed by atoms with Crippen molar-refractivity contribution in [2.75, 3.05) is 21.9 Å².